The molecule has 6 heteroatoms. The van der Waals surface area contributed by atoms with Crippen LogP contribution in [-0.4, -0.2) is 19.6 Å². The highest BCUT2D eigenvalue weighted by Crippen LogP contribution is 2.20. The Morgan fingerprint density at radius 2 is 2.00 bits per heavy atom. The summed E-state index contributed by atoms with van der Waals surface area (Å²) in [4.78, 5) is 7.94. The highest BCUT2D eigenvalue weighted by atomic mass is 19.1. The third-order valence-electron chi connectivity index (χ3n) is 2.33. The quantitative estimate of drug-likeness (QED) is 0.645. The normalized spacial score (nSPS) is 10.9. The molecule has 0 saturated carbocycles. The zero-order valence-electron chi connectivity index (χ0n) is 8.51. The van der Waals surface area contributed by atoms with Crippen LogP contribution in [-0.2, 0) is 0 Å². The molecule has 0 unspecified atom stereocenters. The second-order valence-electron chi connectivity index (χ2n) is 3.44. The van der Waals surface area contributed by atoms with Gasteiger partial charge in [0.15, 0.2) is 0 Å². The summed E-state index contributed by atoms with van der Waals surface area (Å²) in [6.07, 6.45) is 4.55. The van der Waals surface area contributed by atoms with Gasteiger partial charge in [0, 0.05) is 17.8 Å². The van der Waals surface area contributed by atoms with E-state index in [1.165, 1.54) is 22.8 Å². The van der Waals surface area contributed by atoms with Gasteiger partial charge >= 0.3 is 0 Å². The molecule has 0 fully saturated rings. The molecule has 0 saturated heterocycles. The van der Waals surface area contributed by atoms with Gasteiger partial charge < -0.3 is 0 Å². The lowest BCUT2D eigenvalue weighted by molar-refractivity contribution is 0.585. The van der Waals surface area contributed by atoms with E-state index >= 15 is 0 Å². The number of fused-ring (bicyclic) bond motifs is 1. The molecule has 4 nitrogen and oxygen atoms in total. The minimum absolute atomic E-state index is 0.203. The zero-order chi connectivity index (χ0) is 11.8. The van der Waals surface area contributed by atoms with Gasteiger partial charge in [-0.2, -0.15) is 5.10 Å². The average Bonchev–Trinajstić information content (AvgIpc) is 2.75. The van der Waals surface area contributed by atoms with Crippen LogP contribution >= 0.6 is 0 Å². The fourth-order valence-electron chi connectivity index (χ4n) is 1.54. The Kier molecular flexibility index (Phi) is 2.07. The SMILES string of the molecule is Fc1ccc(-c2cnc3nccn3n2)c(F)c1. The van der Waals surface area contributed by atoms with Gasteiger partial charge in [0.05, 0.1) is 12.4 Å². The molecule has 3 aromatic rings. The van der Waals surface area contributed by atoms with Crippen molar-refractivity contribution < 1.29 is 8.78 Å². The van der Waals surface area contributed by atoms with Crippen LogP contribution in [0.4, 0.5) is 8.78 Å². The van der Waals surface area contributed by atoms with Gasteiger partial charge in [-0.15, -0.1) is 0 Å². The zero-order valence-corrected chi connectivity index (χ0v) is 8.51. The number of hydrogen-bond donors (Lipinski definition) is 0. The van der Waals surface area contributed by atoms with E-state index in [-0.39, 0.29) is 5.56 Å². The molecule has 0 aliphatic rings. The van der Waals surface area contributed by atoms with Crippen molar-refractivity contribution in [3.05, 3.63) is 48.4 Å². The van der Waals surface area contributed by atoms with Crippen molar-refractivity contribution in [3.8, 4) is 11.3 Å². The Bertz CT molecular complexity index is 693. The monoisotopic (exact) mass is 232 g/mol. The van der Waals surface area contributed by atoms with Gasteiger partial charge in [-0.1, -0.05) is 0 Å². The van der Waals surface area contributed by atoms with Gasteiger partial charge in [0.25, 0.3) is 5.78 Å². The fraction of sp³-hybridized carbons (Fsp3) is 0. The molecule has 2 heterocycles. The van der Waals surface area contributed by atoms with E-state index in [0.29, 0.717) is 11.5 Å². The molecule has 84 valence electrons. The summed E-state index contributed by atoms with van der Waals surface area (Å²) >= 11 is 0. The first-order valence-corrected chi connectivity index (χ1v) is 4.86. The van der Waals surface area contributed by atoms with Crippen molar-refractivity contribution in [1.29, 1.82) is 0 Å². The van der Waals surface area contributed by atoms with Crippen LogP contribution in [0.15, 0.2) is 36.8 Å². The first-order chi connectivity index (χ1) is 8.24. The van der Waals surface area contributed by atoms with Gasteiger partial charge in [0.2, 0.25) is 0 Å². The van der Waals surface area contributed by atoms with Gasteiger partial charge in [-0.3, -0.25) is 0 Å². The van der Waals surface area contributed by atoms with E-state index in [1.807, 2.05) is 0 Å². The fourth-order valence-corrected chi connectivity index (χ4v) is 1.54. The van der Waals surface area contributed by atoms with Crippen LogP contribution in [0.5, 0.6) is 0 Å². The molecule has 3 rings (SSSR count). The van der Waals surface area contributed by atoms with E-state index < -0.39 is 11.6 Å². The van der Waals surface area contributed by atoms with Gasteiger partial charge in [-0.25, -0.2) is 23.3 Å². The molecule has 0 N–H and O–H groups in total. The van der Waals surface area contributed by atoms with Crippen LogP contribution in [0.25, 0.3) is 17.0 Å². The topological polar surface area (TPSA) is 43.1 Å². The Morgan fingerprint density at radius 1 is 1.12 bits per heavy atom. The molecule has 0 bridgehead atoms. The maximum atomic E-state index is 13.5. The number of benzene rings is 1. The summed E-state index contributed by atoms with van der Waals surface area (Å²) in [5, 5.41) is 4.13. The molecule has 0 spiro atoms. The van der Waals surface area contributed by atoms with Crippen molar-refractivity contribution in [3.63, 3.8) is 0 Å². The van der Waals surface area contributed by atoms with E-state index in [1.54, 1.807) is 12.4 Å². The van der Waals surface area contributed by atoms with Crippen molar-refractivity contribution in [1.82, 2.24) is 19.6 Å². The molecular weight excluding hydrogens is 226 g/mol. The van der Waals surface area contributed by atoms with Crippen LogP contribution in [0.3, 0.4) is 0 Å². The summed E-state index contributed by atoms with van der Waals surface area (Å²) in [5.41, 5.74) is 0.530. The Balaban J connectivity index is 2.19. The lowest BCUT2D eigenvalue weighted by Gasteiger charge is -2.02. The maximum Gasteiger partial charge on any atom is 0.250 e. The predicted molar refractivity (Wildman–Crippen MR) is 56.1 cm³/mol. The van der Waals surface area contributed by atoms with Crippen molar-refractivity contribution in [2.45, 2.75) is 0 Å². The highest BCUT2D eigenvalue weighted by molar-refractivity contribution is 5.58. The van der Waals surface area contributed by atoms with E-state index in [0.717, 1.165) is 6.07 Å². The first kappa shape index (κ1) is 9.83. The molecule has 2 aromatic heterocycles. The number of aromatic nitrogens is 4. The highest BCUT2D eigenvalue weighted by Gasteiger charge is 2.09. The summed E-state index contributed by atoms with van der Waals surface area (Å²) in [6, 6.07) is 3.32. The standard InChI is InChI=1S/C11H6F2N4/c12-7-1-2-8(9(13)5-7)10-6-15-11-14-3-4-17(11)16-10/h1-6H. The lowest BCUT2D eigenvalue weighted by atomic mass is 10.1. The number of rotatable bonds is 1. The average molecular weight is 232 g/mol. The van der Waals surface area contributed by atoms with E-state index in [2.05, 4.69) is 15.1 Å². The first-order valence-electron chi connectivity index (χ1n) is 4.86. The lowest BCUT2D eigenvalue weighted by Crippen LogP contribution is -1.97. The van der Waals surface area contributed by atoms with E-state index in [4.69, 9.17) is 0 Å². The largest absolute Gasteiger partial charge is 0.250 e. The van der Waals surface area contributed by atoms with Crippen LogP contribution in [0.2, 0.25) is 0 Å². The van der Waals surface area contributed by atoms with Crippen molar-refractivity contribution in [2.75, 3.05) is 0 Å². The summed E-state index contributed by atoms with van der Waals surface area (Å²) in [7, 11) is 0. The predicted octanol–water partition coefficient (Wildman–Crippen LogP) is 2.07. The molecule has 1 aromatic carbocycles. The second-order valence-corrected chi connectivity index (χ2v) is 3.44. The smallest absolute Gasteiger partial charge is 0.218 e. The molecule has 17 heavy (non-hydrogen) atoms. The molecular formula is C11H6F2N4. The minimum Gasteiger partial charge on any atom is -0.218 e. The molecule has 0 aliphatic carbocycles. The molecule has 0 radical (unpaired) electrons. The Hall–Kier alpha value is -2.37. The van der Waals surface area contributed by atoms with Crippen molar-refractivity contribution in [2.24, 2.45) is 0 Å². The minimum atomic E-state index is -0.668. The number of hydrogen-bond acceptors (Lipinski definition) is 3. The van der Waals surface area contributed by atoms with Crippen LogP contribution in [0.1, 0.15) is 0 Å². The van der Waals surface area contributed by atoms with E-state index in [9.17, 15) is 8.78 Å². The third-order valence-corrected chi connectivity index (χ3v) is 2.33. The van der Waals surface area contributed by atoms with Crippen LogP contribution in [0, 0.1) is 11.6 Å². The maximum absolute atomic E-state index is 13.5. The third kappa shape index (κ3) is 1.63. The number of imidazole rings is 1. The Morgan fingerprint density at radius 3 is 2.82 bits per heavy atom. The molecule has 0 aliphatic heterocycles. The van der Waals surface area contributed by atoms with Crippen LogP contribution < -0.4 is 0 Å². The molecule has 0 atom stereocenters. The van der Waals surface area contributed by atoms with Gasteiger partial charge in [0.1, 0.15) is 17.3 Å². The van der Waals surface area contributed by atoms with Crippen molar-refractivity contribution >= 4 is 5.78 Å². The number of halogens is 2. The summed E-state index contributed by atoms with van der Waals surface area (Å²) < 4.78 is 27.7. The Labute approximate surface area is 94.6 Å². The number of nitrogens with zero attached hydrogens (tertiary/aromatic N) is 4. The summed E-state index contributed by atoms with van der Waals surface area (Å²) in [5.74, 6) is -0.863. The molecule has 0 amide bonds. The summed E-state index contributed by atoms with van der Waals surface area (Å²) in [6.45, 7) is 0. The second kappa shape index (κ2) is 3.58. The van der Waals surface area contributed by atoms with Gasteiger partial charge in [-0.05, 0) is 12.1 Å².